The summed E-state index contributed by atoms with van der Waals surface area (Å²) in [5, 5.41) is 8.97. The average molecular weight is 342 g/mol. The first-order valence-electron chi connectivity index (χ1n) is 8.68. The van der Waals surface area contributed by atoms with E-state index in [0.717, 1.165) is 41.8 Å². The molecule has 1 fully saturated rings. The monoisotopic (exact) mass is 342 g/mol. The van der Waals surface area contributed by atoms with Crippen LogP contribution in [0.5, 0.6) is 0 Å². The van der Waals surface area contributed by atoms with Gasteiger partial charge in [0.25, 0.3) is 0 Å². The lowest BCUT2D eigenvalue weighted by Crippen LogP contribution is -2.29. The number of para-hydroxylation sites is 2. The number of carbonyl (C=O) groups excluding carboxylic acids is 1. The number of nitrogens with one attached hydrogen (secondary N) is 1. The van der Waals surface area contributed by atoms with E-state index in [2.05, 4.69) is 16.0 Å². The largest absolute Gasteiger partial charge is 0.340 e. The fraction of sp³-hybridized carbons (Fsp3) is 0.190. The molecule has 128 valence electrons. The van der Waals surface area contributed by atoms with Gasteiger partial charge in [0.1, 0.15) is 5.82 Å². The number of rotatable bonds is 3. The lowest BCUT2D eigenvalue weighted by atomic mass is 10.1. The summed E-state index contributed by atoms with van der Waals surface area (Å²) >= 11 is 0. The quantitative estimate of drug-likeness (QED) is 0.736. The van der Waals surface area contributed by atoms with E-state index in [1.807, 2.05) is 41.3 Å². The van der Waals surface area contributed by atoms with Gasteiger partial charge in [-0.25, -0.2) is 4.98 Å². The van der Waals surface area contributed by atoms with Crippen molar-refractivity contribution in [2.24, 2.45) is 0 Å². The highest BCUT2D eigenvalue weighted by Crippen LogP contribution is 2.31. The topological polar surface area (TPSA) is 72.8 Å². The predicted molar refractivity (Wildman–Crippen MR) is 100.0 cm³/mol. The first-order chi connectivity index (χ1) is 12.7. The number of amides is 1. The molecule has 1 atom stereocenters. The van der Waals surface area contributed by atoms with Crippen LogP contribution in [0.3, 0.4) is 0 Å². The molecule has 1 N–H and O–H groups in total. The van der Waals surface area contributed by atoms with Gasteiger partial charge in [0.2, 0.25) is 5.91 Å². The first kappa shape index (κ1) is 16.1. The summed E-state index contributed by atoms with van der Waals surface area (Å²) in [6.45, 7) is 0.725. The Morgan fingerprint density at radius 2 is 2.15 bits per heavy atom. The predicted octanol–water partition coefficient (Wildman–Crippen LogP) is 3.81. The molecule has 0 spiro atoms. The second-order valence-electron chi connectivity index (χ2n) is 6.40. The van der Waals surface area contributed by atoms with Crippen molar-refractivity contribution in [2.45, 2.75) is 18.9 Å². The Kier molecular flexibility index (Phi) is 4.24. The number of aromatic amines is 1. The second kappa shape index (κ2) is 6.85. The van der Waals surface area contributed by atoms with Crippen LogP contribution in [0.1, 0.15) is 35.8 Å². The zero-order valence-corrected chi connectivity index (χ0v) is 14.2. The lowest BCUT2D eigenvalue weighted by molar-refractivity contribution is -0.126. The maximum Gasteiger partial charge on any atom is 0.247 e. The third kappa shape index (κ3) is 3.09. The minimum atomic E-state index is -0.0321. The summed E-state index contributed by atoms with van der Waals surface area (Å²) in [6.07, 6.45) is 5.21. The number of hydrogen-bond donors (Lipinski definition) is 1. The molecule has 0 aliphatic carbocycles. The molecule has 1 saturated heterocycles. The highest BCUT2D eigenvalue weighted by atomic mass is 16.2. The molecule has 1 aliphatic heterocycles. The normalized spacial score (nSPS) is 17.0. The molecule has 1 aromatic heterocycles. The van der Waals surface area contributed by atoms with Gasteiger partial charge in [-0.2, -0.15) is 5.26 Å². The van der Waals surface area contributed by atoms with E-state index in [0.29, 0.717) is 5.56 Å². The van der Waals surface area contributed by atoms with Crippen molar-refractivity contribution >= 4 is 23.0 Å². The first-order valence-corrected chi connectivity index (χ1v) is 8.68. The number of imidazole rings is 1. The number of carbonyl (C=O) groups is 1. The van der Waals surface area contributed by atoms with Gasteiger partial charge in [-0.05, 0) is 48.7 Å². The SMILES string of the molecule is N#Cc1cccc(/C=C\C(=O)N2CCC[C@H]2c2nc3ccccc3[nH]2)c1. The van der Waals surface area contributed by atoms with Crippen molar-refractivity contribution in [3.05, 3.63) is 71.6 Å². The molecule has 0 bridgehead atoms. The van der Waals surface area contributed by atoms with E-state index in [-0.39, 0.29) is 11.9 Å². The molecule has 0 unspecified atom stereocenters. The van der Waals surface area contributed by atoms with E-state index in [9.17, 15) is 4.79 Å². The van der Waals surface area contributed by atoms with Crippen LogP contribution in [0.2, 0.25) is 0 Å². The van der Waals surface area contributed by atoms with Crippen molar-refractivity contribution in [3.63, 3.8) is 0 Å². The van der Waals surface area contributed by atoms with Crippen LogP contribution < -0.4 is 0 Å². The molecule has 2 aromatic carbocycles. The van der Waals surface area contributed by atoms with Gasteiger partial charge in [0.05, 0.1) is 28.7 Å². The summed E-state index contributed by atoms with van der Waals surface area (Å²) in [6, 6.07) is 17.2. The van der Waals surface area contributed by atoms with Crippen LogP contribution in [0.25, 0.3) is 17.1 Å². The summed E-state index contributed by atoms with van der Waals surface area (Å²) in [7, 11) is 0. The van der Waals surface area contributed by atoms with E-state index in [4.69, 9.17) is 5.26 Å². The van der Waals surface area contributed by atoms with Crippen LogP contribution >= 0.6 is 0 Å². The number of nitrogens with zero attached hydrogens (tertiary/aromatic N) is 3. The maximum absolute atomic E-state index is 12.7. The third-order valence-electron chi connectivity index (χ3n) is 4.69. The second-order valence-corrected chi connectivity index (χ2v) is 6.40. The van der Waals surface area contributed by atoms with Crippen LogP contribution in [-0.2, 0) is 4.79 Å². The molecule has 3 aromatic rings. The highest BCUT2D eigenvalue weighted by molar-refractivity contribution is 5.92. The van der Waals surface area contributed by atoms with Gasteiger partial charge in [-0.15, -0.1) is 0 Å². The van der Waals surface area contributed by atoms with Crippen LogP contribution in [0.4, 0.5) is 0 Å². The number of benzene rings is 2. The fourth-order valence-corrected chi connectivity index (χ4v) is 3.42. The maximum atomic E-state index is 12.7. The average Bonchev–Trinajstić information content (AvgIpc) is 3.32. The van der Waals surface area contributed by atoms with E-state index in [1.165, 1.54) is 0 Å². The number of H-pyrrole nitrogens is 1. The van der Waals surface area contributed by atoms with Crippen LogP contribution in [0, 0.1) is 11.3 Å². The number of nitriles is 1. The minimum Gasteiger partial charge on any atom is -0.340 e. The van der Waals surface area contributed by atoms with Gasteiger partial charge in [0.15, 0.2) is 0 Å². The van der Waals surface area contributed by atoms with E-state index in [1.54, 1.807) is 24.3 Å². The molecule has 2 heterocycles. The van der Waals surface area contributed by atoms with Crippen molar-refractivity contribution in [1.82, 2.24) is 14.9 Å². The summed E-state index contributed by atoms with van der Waals surface area (Å²) in [5.41, 5.74) is 3.34. The molecular formula is C21H18N4O. The van der Waals surface area contributed by atoms with Crippen LogP contribution in [0.15, 0.2) is 54.6 Å². The summed E-state index contributed by atoms with van der Waals surface area (Å²) < 4.78 is 0. The Balaban J connectivity index is 1.54. The molecule has 1 aliphatic rings. The molecule has 5 heteroatoms. The van der Waals surface area contributed by atoms with Gasteiger partial charge in [0, 0.05) is 12.6 Å². The van der Waals surface area contributed by atoms with Crippen molar-refractivity contribution in [3.8, 4) is 6.07 Å². The van der Waals surface area contributed by atoms with E-state index >= 15 is 0 Å². The van der Waals surface area contributed by atoms with Gasteiger partial charge in [-0.3, -0.25) is 4.79 Å². The Bertz CT molecular complexity index is 995. The third-order valence-corrected chi connectivity index (χ3v) is 4.69. The standard InChI is InChI=1S/C21H18N4O/c22-14-16-6-3-5-15(13-16)10-11-20(26)25-12-4-9-19(25)21-23-17-7-1-2-8-18(17)24-21/h1-3,5-8,10-11,13,19H,4,9,12H2,(H,23,24)/b11-10-/t19-/m0/s1. The molecule has 0 radical (unpaired) electrons. The Morgan fingerprint density at radius 3 is 3.00 bits per heavy atom. The number of hydrogen-bond acceptors (Lipinski definition) is 3. The smallest absolute Gasteiger partial charge is 0.247 e. The van der Waals surface area contributed by atoms with Crippen molar-refractivity contribution in [2.75, 3.05) is 6.54 Å². The number of likely N-dealkylation sites (tertiary alicyclic amines) is 1. The van der Waals surface area contributed by atoms with Crippen molar-refractivity contribution in [1.29, 1.82) is 5.26 Å². The molecule has 26 heavy (non-hydrogen) atoms. The van der Waals surface area contributed by atoms with E-state index < -0.39 is 0 Å². The minimum absolute atomic E-state index is 0.0232. The zero-order valence-electron chi connectivity index (χ0n) is 14.2. The fourth-order valence-electron chi connectivity index (χ4n) is 3.42. The molecule has 0 saturated carbocycles. The van der Waals surface area contributed by atoms with Gasteiger partial charge in [-0.1, -0.05) is 24.3 Å². The Morgan fingerprint density at radius 1 is 1.27 bits per heavy atom. The zero-order chi connectivity index (χ0) is 17.9. The molecule has 5 nitrogen and oxygen atoms in total. The molecule has 1 amide bonds. The lowest BCUT2D eigenvalue weighted by Gasteiger charge is -2.21. The van der Waals surface area contributed by atoms with Gasteiger partial charge < -0.3 is 9.88 Å². The van der Waals surface area contributed by atoms with Crippen LogP contribution in [-0.4, -0.2) is 27.3 Å². The Hall–Kier alpha value is -3.39. The summed E-state index contributed by atoms with van der Waals surface area (Å²) in [4.78, 5) is 22.6. The van der Waals surface area contributed by atoms with Crippen molar-refractivity contribution < 1.29 is 4.79 Å². The number of aromatic nitrogens is 2. The molecular weight excluding hydrogens is 324 g/mol. The summed E-state index contributed by atoms with van der Waals surface area (Å²) in [5.74, 6) is 0.812. The van der Waals surface area contributed by atoms with Gasteiger partial charge >= 0.3 is 0 Å². The highest BCUT2D eigenvalue weighted by Gasteiger charge is 2.30. The Labute approximate surface area is 151 Å². The molecule has 4 rings (SSSR count). The number of fused-ring (bicyclic) bond motifs is 1.